The predicted molar refractivity (Wildman–Crippen MR) is 107 cm³/mol. The molecule has 0 unspecified atom stereocenters. The summed E-state index contributed by atoms with van der Waals surface area (Å²) in [5.41, 5.74) is 1.57. The summed E-state index contributed by atoms with van der Waals surface area (Å²) in [4.78, 5) is 11.9. The predicted octanol–water partition coefficient (Wildman–Crippen LogP) is 3.66. The highest BCUT2D eigenvalue weighted by molar-refractivity contribution is 6.32. The Bertz CT molecular complexity index is 988. The van der Waals surface area contributed by atoms with Crippen molar-refractivity contribution in [1.29, 1.82) is 0 Å². The molecule has 27 heavy (non-hydrogen) atoms. The molecule has 1 heterocycles. The van der Waals surface area contributed by atoms with Crippen molar-refractivity contribution in [2.45, 2.75) is 26.9 Å². The van der Waals surface area contributed by atoms with Crippen LogP contribution in [-0.4, -0.2) is 23.4 Å². The number of H-pyrrole nitrogens is 1. The van der Waals surface area contributed by atoms with Crippen molar-refractivity contribution in [3.8, 4) is 11.5 Å². The first-order valence-electron chi connectivity index (χ1n) is 8.89. The fourth-order valence-electron chi connectivity index (χ4n) is 2.90. The lowest BCUT2D eigenvalue weighted by atomic mass is 10.1. The SMILES string of the molecule is CCOc1cc(CNCc2n[nH]c(=O)c3ccccc23)cc(Cl)c1OCC. The molecule has 3 rings (SSSR count). The molecule has 6 nitrogen and oxygen atoms in total. The van der Waals surface area contributed by atoms with Gasteiger partial charge in [-0.1, -0.05) is 29.8 Å². The third kappa shape index (κ3) is 4.40. The zero-order chi connectivity index (χ0) is 19.2. The van der Waals surface area contributed by atoms with Gasteiger partial charge in [-0.3, -0.25) is 4.79 Å². The van der Waals surface area contributed by atoms with Gasteiger partial charge in [-0.15, -0.1) is 0 Å². The van der Waals surface area contributed by atoms with Gasteiger partial charge >= 0.3 is 0 Å². The molecule has 2 N–H and O–H groups in total. The number of nitrogens with zero attached hydrogens (tertiary/aromatic N) is 1. The van der Waals surface area contributed by atoms with Gasteiger partial charge in [-0.2, -0.15) is 5.10 Å². The first-order chi connectivity index (χ1) is 13.1. The molecule has 7 heteroatoms. The van der Waals surface area contributed by atoms with Crippen molar-refractivity contribution in [3.63, 3.8) is 0 Å². The Morgan fingerprint density at radius 1 is 1.07 bits per heavy atom. The molecule has 0 saturated heterocycles. The zero-order valence-corrected chi connectivity index (χ0v) is 16.1. The highest BCUT2D eigenvalue weighted by atomic mass is 35.5. The maximum absolute atomic E-state index is 11.9. The van der Waals surface area contributed by atoms with Crippen LogP contribution in [0.2, 0.25) is 5.02 Å². The summed E-state index contributed by atoms with van der Waals surface area (Å²) in [7, 11) is 0. The van der Waals surface area contributed by atoms with Crippen LogP contribution >= 0.6 is 11.6 Å². The van der Waals surface area contributed by atoms with Crippen molar-refractivity contribution >= 4 is 22.4 Å². The van der Waals surface area contributed by atoms with E-state index in [4.69, 9.17) is 21.1 Å². The van der Waals surface area contributed by atoms with E-state index in [2.05, 4.69) is 15.5 Å². The molecule has 0 bridgehead atoms. The van der Waals surface area contributed by atoms with E-state index in [-0.39, 0.29) is 5.56 Å². The molecule has 0 aliphatic heterocycles. The second-order valence-corrected chi connectivity index (χ2v) is 6.33. The fraction of sp³-hybridized carbons (Fsp3) is 0.300. The molecule has 0 fully saturated rings. The Balaban J connectivity index is 1.76. The topological polar surface area (TPSA) is 76.2 Å². The molecule has 2 aromatic carbocycles. The number of hydrogen-bond donors (Lipinski definition) is 2. The molecular formula is C20H22ClN3O3. The van der Waals surface area contributed by atoms with E-state index >= 15 is 0 Å². The maximum Gasteiger partial charge on any atom is 0.272 e. The van der Waals surface area contributed by atoms with Gasteiger partial charge in [-0.05, 0) is 37.6 Å². The Morgan fingerprint density at radius 3 is 2.56 bits per heavy atom. The normalized spacial score (nSPS) is 10.9. The summed E-state index contributed by atoms with van der Waals surface area (Å²) >= 11 is 6.36. The molecule has 0 amide bonds. The minimum absolute atomic E-state index is 0.186. The van der Waals surface area contributed by atoms with E-state index in [0.717, 1.165) is 16.6 Å². The molecule has 142 valence electrons. The number of fused-ring (bicyclic) bond motifs is 1. The Hall–Kier alpha value is -2.57. The molecule has 0 atom stereocenters. The van der Waals surface area contributed by atoms with E-state index in [0.29, 0.717) is 48.2 Å². The molecule has 1 aromatic heterocycles. The van der Waals surface area contributed by atoms with Crippen molar-refractivity contribution in [2.75, 3.05) is 13.2 Å². The second kappa shape index (κ2) is 8.88. The summed E-state index contributed by atoms with van der Waals surface area (Å²) in [5.74, 6) is 1.20. The number of hydrogen-bond acceptors (Lipinski definition) is 5. The Morgan fingerprint density at radius 2 is 1.81 bits per heavy atom. The maximum atomic E-state index is 11.9. The smallest absolute Gasteiger partial charge is 0.272 e. The third-order valence-corrected chi connectivity index (χ3v) is 4.34. The van der Waals surface area contributed by atoms with Gasteiger partial charge in [0.2, 0.25) is 0 Å². The van der Waals surface area contributed by atoms with Gasteiger partial charge in [0.1, 0.15) is 0 Å². The standard InChI is InChI=1S/C20H22ClN3O3/c1-3-26-18-10-13(9-16(21)19(18)27-4-2)11-22-12-17-14-7-5-6-8-15(14)20(25)24-23-17/h5-10,22H,3-4,11-12H2,1-2H3,(H,24,25). The van der Waals surface area contributed by atoms with Gasteiger partial charge < -0.3 is 14.8 Å². The van der Waals surface area contributed by atoms with E-state index in [1.54, 1.807) is 6.07 Å². The van der Waals surface area contributed by atoms with Gasteiger partial charge in [0.05, 0.1) is 29.3 Å². The van der Waals surface area contributed by atoms with E-state index in [1.165, 1.54) is 0 Å². The number of ether oxygens (including phenoxy) is 2. The number of nitrogens with one attached hydrogen (secondary N) is 2. The average Bonchev–Trinajstić information content (AvgIpc) is 2.67. The van der Waals surface area contributed by atoms with E-state index in [1.807, 2.05) is 44.2 Å². The third-order valence-electron chi connectivity index (χ3n) is 4.05. The van der Waals surface area contributed by atoms with Crippen LogP contribution in [0, 0.1) is 0 Å². The van der Waals surface area contributed by atoms with Crippen LogP contribution < -0.4 is 20.3 Å². The van der Waals surface area contributed by atoms with Gasteiger partial charge in [0.25, 0.3) is 5.56 Å². The van der Waals surface area contributed by atoms with E-state index in [9.17, 15) is 4.79 Å². The lowest BCUT2D eigenvalue weighted by Crippen LogP contribution is -2.18. The first-order valence-corrected chi connectivity index (χ1v) is 9.26. The molecule has 0 aliphatic carbocycles. The van der Waals surface area contributed by atoms with Crippen LogP contribution in [0.5, 0.6) is 11.5 Å². The van der Waals surface area contributed by atoms with E-state index < -0.39 is 0 Å². The molecule has 3 aromatic rings. The van der Waals surface area contributed by atoms with Crippen LogP contribution in [-0.2, 0) is 13.1 Å². The first kappa shape index (κ1) is 19.2. The van der Waals surface area contributed by atoms with Gasteiger partial charge in [0.15, 0.2) is 11.5 Å². The van der Waals surface area contributed by atoms with Crippen LogP contribution in [0.25, 0.3) is 10.8 Å². The van der Waals surface area contributed by atoms with Crippen LogP contribution in [0.3, 0.4) is 0 Å². The molecule has 0 radical (unpaired) electrons. The number of aromatic amines is 1. The number of rotatable bonds is 8. The fourth-order valence-corrected chi connectivity index (χ4v) is 3.19. The quantitative estimate of drug-likeness (QED) is 0.616. The van der Waals surface area contributed by atoms with Crippen molar-refractivity contribution in [1.82, 2.24) is 15.5 Å². The Kier molecular flexibility index (Phi) is 6.32. The largest absolute Gasteiger partial charge is 0.490 e. The second-order valence-electron chi connectivity index (χ2n) is 5.92. The monoisotopic (exact) mass is 387 g/mol. The van der Waals surface area contributed by atoms with Gasteiger partial charge in [0, 0.05) is 18.5 Å². The molecule has 0 aliphatic rings. The lowest BCUT2D eigenvalue weighted by molar-refractivity contribution is 0.287. The van der Waals surface area contributed by atoms with Crippen molar-refractivity contribution in [3.05, 3.63) is 63.0 Å². The average molecular weight is 388 g/mol. The summed E-state index contributed by atoms with van der Waals surface area (Å²) in [5, 5.41) is 12.0. The minimum atomic E-state index is -0.186. The highest BCUT2D eigenvalue weighted by Crippen LogP contribution is 2.36. The summed E-state index contributed by atoms with van der Waals surface area (Å²) in [6, 6.07) is 11.2. The Labute approximate surface area is 162 Å². The summed E-state index contributed by atoms with van der Waals surface area (Å²) in [6.45, 7) is 5.95. The summed E-state index contributed by atoms with van der Waals surface area (Å²) in [6.07, 6.45) is 0. The van der Waals surface area contributed by atoms with Crippen LogP contribution in [0.1, 0.15) is 25.1 Å². The number of benzene rings is 2. The van der Waals surface area contributed by atoms with Crippen molar-refractivity contribution in [2.24, 2.45) is 0 Å². The zero-order valence-electron chi connectivity index (χ0n) is 15.3. The molecule has 0 saturated carbocycles. The summed E-state index contributed by atoms with van der Waals surface area (Å²) < 4.78 is 11.2. The van der Waals surface area contributed by atoms with Crippen LogP contribution in [0.15, 0.2) is 41.2 Å². The van der Waals surface area contributed by atoms with Crippen molar-refractivity contribution < 1.29 is 9.47 Å². The van der Waals surface area contributed by atoms with Crippen LogP contribution in [0.4, 0.5) is 0 Å². The highest BCUT2D eigenvalue weighted by Gasteiger charge is 2.12. The minimum Gasteiger partial charge on any atom is -0.490 e. The van der Waals surface area contributed by atoms with Gasteiger partial charge in [-0.25, -0.2) is 5.10 Å². The molecular weight excluding hydrogens is 366 g/mol. The lowest BCUT2D eigenvalue weighted by Gasteiger charge is -2.15. The number of aromatic nitrogens is 2. The number of halogens is 1. The molecule has 0 spiro atoms.